The Labute approximate surface area is 159 Å². The number of likely N-dealkylation sites (tertiary alicyclic amines) is 1. The van der Waals surface area contributed by atoms with Crippen molar-refractivity contribution in [3.8, 4) is 5.75 Å². The molecule has 0 spiro atoms. The number of carbonyl (C=O) groups is 1. The molecule has 2 aromatic rings. The van der Waals surface area contributed by atoms with Crippen LogP contribution in [0.25, 0.3) is 0 Å². The van der Waals surface area contributed by atoms with Crippen molar-refractivity contribution in [3.05, 3.63) is 45.9 Å². The number of likely N-dealkylation sites (N-methyl/N-ethyl adjacent to an activating group) is 1. The van der Waals surface area contributed by atoms with Crippen molar-refractivity contribution >= 4 is 17.2 Å². The number of thiazole rings is 1. The Balaban J connectivity index is 1.67. The van der Waals surface area contributed by atoms with E-state index in [0.717, 1.165) is 31.0 Å². The molecule has 2 unspecified atom stereocenters. The zero-order chi connectivity index (χ0) is 18.7. The van der Waals surface area contributed by atoms with Crippen LogP contribution in [0.1, 0.15) is 28.5 Å². The fourth-order valence-corrected chi connectivity index (χ4v) is 4.42. The largest absolute Gasteiger partial charge is 0.497 e. The van der Waals surface area contributed by atoms with Crippen LogP contribution in [0, 0.1) is 6.92 Å². The minimum Gasteiger partial charge on any atom is -0.497 e. The first-order chi connectivity index (χ1) is 12.5. The van der Waals surface area contributed by atoms with E-state index in [1.165, 1.54) is 10.4 Å². The molecule has 1 aliphatic rings. The third kappa shape index (κ3) is 4.07. The molecule has 1 saturated heterocycles. The maximum atomic E-state index is 12.8. The molecular weight excluding hydrogens is 346 g/mol. The second-order valence-electron chi connectivity index (χ2n) is 7.07. The number of ether oxygens (including phenoxy) is 1. The molecule has 140 valence electrons. The predicted octanol–water partition coefficient (Wildman–Crippen LogP) is 2.95. The van der Waals surface area contributed by atoms with Crippen molar-refractivity contribution in [2.24, 2.45) is 0 Å². The van der Waals surface area contributed by atoms with E-state index in [-0.39, 0.29) is 5.91 Å². The highest BCUT2D eigenvalue weighted by molar-refractivity contribution is 7.09. The highest BCUT2D eigenvalue weighted by Crippen LogP contribution is 2.31. The molecule has 1 aromatic carbocycles. The summed E-state index contributed by atoms with van der Waals surface area (Å²) in [6, 6.07) is 8.57. The Hall–Kier alpha value is -1.92. The predicted molar refractivity (Wildman–Crippen MR) is 105 cm³/mol. The summed E-state index contributed by atoms with van der Waals surface area (Å²) in [5, 5.41) is 0. The summed E-state index contributed by atoms with van der Waals surface area (Å²) < 4.78 is 5.26. The fraction of sp³-hybridized carbons (Fsp3) is 0.500. The van der Waals surface area contributed by atoms with E-state index in [4.69, 9.17) is 4.74 Å². The number of hydrogen-bond donors (Lipinski definition) is 0. The molecule has 2 atom stereocenters. The molecule has 1 fully saturated rings. The molecule has 26 heavy (non-hydrogen) atoms. The van der Waals surface area contributed by atoms with Crippen LogP contribution in [0.4, 0.5) is 0 Å². The molecule has 0 radical (unpaired) electrons. The summed E-state index contributed by atoms with van der Waals surface area (Å²) in [6.45, 7) is 3.56. The van der Waals surface area contributed by atoms with Crippen LogP contribution < -0.4 is 4.74 Å². The van der Waals surface area contributed by atoms with E-state index in [0.29, 0.717) is 18.4 Å². The van der Waals surface area contributed by atoms with Crippen LogP contribution in [-0.4, -0.2) is 61.0 Å². The third-order valence-corrected chi connectivity index (χ3v) is 6.25. The van der Waals surface area contributed by atoms with Crippen LogP contribution in [0.15, 0.2) is 29.8 Å². The average Bonchev–Trinajstić information content (AvgIpc) is 3.26. The first-order valence-electron chi connectivity index (χ1n) is 8.96. The normalized spacial score (nSPS) is 20.0. The van der Waals surface area contributed by atoms with Gasteiger partial charge in [-0.3, -0.25) is 4.79 Å². The van der Waals surface area contributed by atoms with Gasteiger partial charge < -0.3 is 14.5 Å². The van der Waals surface area contributed by atoms with Crippen molar-refractivity contribution in [2.75, 3.05) is 34.3 Å². The monoisotopic (exact) mass is 373 g/mol. The lowest BCUT2D eigenvalue weighted by atomic mass is 9.93. The highest BCUT2D eigenvalue weighted by atomic mass is 32.1. The smallest absolute Gasteiger partial charge is 0.223 e. The topological polar surface area (TPSA) is 45.7 Å². The van der Waals surface area contributed by atoms with E-state index in [9.17, 15) is 4.79 Å². The third-order valence-electron chi connectivity index (χ3n) is 5.26. The van der Waals surface area contributed by atoms with Crippen LogP contribution in [0.5, 0.6) is 5.75 Å². The minimum absolute atomic E-state index is 0.237. The molecule has 2 heterocycles. The van der Waals surface area contributed by atoms with Gasteiger partial charge in [-0.05, 0) is 45.1 Å². The molecule has 6 heteroatoms. The summed E-state index contributed by atoms with van der Waals surface area (Å²) in [5.41, 5.74) is 4.16. The summed E-state index contributed by atoms with van der Waals surface area (Å²) in [6.07, 6.45) is 1.34. The number of benzene rings is 1. The zero-order valence-electron chi connectivity index (χ0n) is 15.9. The van der Waals surface area contributed by atoms with Gasteiger partial charge in [0.15, 0.2) is 0 Å². The molecule has 0 saturated carbocycles. The van der Waals surface area contributed by atoms with E-state index in [1.807, 2.05) is 29.5 Å². The summed E-state index contributed by atoms with van der Waals surface area (Å²) in [5.74, 6) is 1.42. The maximum Gasteiger partial charge on any atom is 0.223 e. The fourth-order valence-electron chi connectivity index (χ4n) is 3.64. The number of rotatable bonds is 6. The number of hydrogen-bond acceptors (Lipinski definition) is 5. The molecule has 0 bridgehead atoms. The maximum absolute atomic E-state index is 12.8. The number of aryl methyl sites for hydroxylation is 2. The van der Waals surface area contributed by atoms with E-state index in [1.54, 1.807) is 18.4 Å². The van der Waals surface area contributed by atoms with Crippen molar-refractivity contribution in [3.63, 3.8) is 0 Å². The number of aromatic nitrogens is 1. The standard InChI is InChI=1S/C20H27N3O2S/c1-14-19(26-13-21-14)9-10-20(24)23-11-17(18(12-23)22(2)3)15-5-7-16(25-4)8-6-15/h5-8,13,17-18H,9-12H2,1-4H3. The Kier molecular flexibility index (Phi) is 5.94. The second kappa shape index (κ2) is 8.18. The molecule has 5 nitrogen and oxygen atoms in total. The van der Waals surface area contributed by atoms with Crippen LogP contribution in [0.3, 0.4) is 0 Å². The van der Waals surface area contributed by atoms with Gasteiger partial charge in [0, 0.05) is 36.3 Å². The van der Waals surface area contributed by atoms with Gasteiger partial charge in [0.05, 0.1) is 18.3 Å². The van der Waals surface area contributed by atoms with Gasteiger partial charge in [-0.25, -0.2) is 4.98 Å². The first-order valence-corrected chi connectivity index (χ1v) is 9.84. The molecule has 3 rings (SSSR count). The quantitative estimate of drug-likeness (QED) is 0.781. The number of carbonyl (C=O) groups excluding carboxylic acids is 1. The van der Waals surface area contributed by atoms with Crippen molar-refractivity contribution in [1.82, 2.24) is 14.8 Å². The van der Waals surface area contributed by atoms with Gasteiger partial charge >= 0.3 is 0 Å². The Bertz CT molecular complexity index is 742. The zero-order valence-corrected chi connectivity index (χ0v) is 16.8. The number of methoxy groups -OCH3 is 1. The molecule has 0 N–H and O–H groups in total. The lowest BCUT2D eigenvalue weighted by Gasteiger charge is -2.25. The molecule has 1 amide bonds. The lowest BCUT2D eigenvalue weighted by Crippen LogP contribution is -2.35. The Morgan fingerprint density at radius 3 is 2.62 bits per heavy atom. The molecule has 0 aliphatic carbocycles. The first kappa shape index (κ1) is 18.9. The molecule has 1 aromatic heterocycles. The average molecular weight is 374 g/mol. The lowest BCUT2D eigenvalue weighted by molar-refractivity contribution is -0.130. The number of amides is 1. The van der Waals surface area contributed by atoms with Gasteiger partial charge in [0.1, 0.15) is 5.75 Å². The van der Waals surface area contributed by atoms with Gasteiger partial charge in [-0.2, -0.15) is 0 Å². The minimum atomic E-state index is 0.237. The summed E-state index contributed by atoms with van der Waals surface area (Å²) >= 11 is 1.64. The van der Waals surface area contributed by atoms with E-state index in [2.05, 4.69) is 36.1 Å². The van der Waals surface area contributed by atoms with Gasteiger partial charge in [0.2, 0.25) is 5.91 Å². The van der Waals surface area contributed by atoms with Crippen molar-refractivity contribution in [1.29, 1.82) is 0 Å². The summed E-state index contributed by atoms with van der Waals surface area (Å²) in [4.78, 5) is 22.5. The van der Waals surface area contributed by atoms with Gasteiger partial charge in [0.25, 0.3) is 0 Å². The van der Waals surface area contributed by atoms with Gasteiger partial charge in [-0.1, -0.05) is 12.1 Å². The van der Waals surface area contributed by atoms with Crippen LogP contribution in [-0.2, 0) is 11.2 Å². The van der Waals surface area contributed by atoms with Crippen LogP contribution in [0.2, 0.25) is 0 Å². The molecule has 1 aliphatic heterocycles. The van der Waals surface area contributed by atoms with E-state index >= 15 is 0 Å². The second-order valence-corrected chi connectivity index (χ2v) is 8.01. The molecular formula is C20H27N3O2S. The van der Waals surface area contributed by atoms with Gasteiger partial charge in [-0.15, -0.1) is 11.3 Å². The van der Waals surface area contributed by atoms with Crippen molar-refractivity contribution < 1.29 is 9.53 Å². The van der Waals surface area contributed by atoms with Crippen molar-refractivity contribution in [2.45, 2.75) is 31.7 Å². The summed E-state index contributed by atoms with van der Waals surface area (Å²) in [7, 11) is 5.87. The Morgan fingerprint density at radius 2 is 2.04 bits per heavy atom. The number of nitrogens with zero attached hydrogens (tertiary/aromatic N) is 3. The Morgan fingerprint density at radius 1 is 1.31 bits per heavy atom. The SMILES string of the molecule is COc1ccc(C2CN(C(=O)CCc3scnc3C)CC2N(C)C)cc1. The highest BCUT2D eigenvalue weighted by Gasteiger charge is 2.37. The van der Waals surface area contributed by atoms with E-state index < -0.39 is 0 Å². The van der Waals surface area contributed by atoms with Crippen LogP contribution >= 0.6 is 11.3 Å².